The van der Waals surface area contributed by atoms with Crippen molar-refractivity contribution in [3.8, 4) is 0 Å². The first-order valence-corrected chi connectivity index (χ1v) is 4.30. The summed E-state index contributed by atoms with van der Waals surface area (Å²) in [6.07, 6.45) is 0. The number of hydrogen-bond acceptors (Lipinski definition) is 3. The highest BCUT2D eigenvalue weighted by molar-refractivity contribution is 7.16. The Morgan fingerprint density at radius 1 is 1.30 bits per heavy atom. The Morgan fingerprint density at radius 3 is 3.30 bits per heavy atom. The zero-order chi connectivity index (χ0) is 6.81. The van der Waals surface area contributed by atoms with Crippen LogP contribution in [0.4, 0.5) is 5.00 Å². The second-order valence-electron chi connectivity index (χ2n) is 2.37. The molecule has 1 aliphatic rings. The van der Waals surface area contributed by atoms with Gasteiger partial charge in [-0.05, 0) is 12.1 Å². The van der Waals surface area contributed by atoms with E-state index >= 15 is 0 Å². The summed E-state index contributed by atoms with van der Waals surface area (Å²) in [5.41, 5.74) is 0. The zero-order valence-electron chi connectivity index (χ0n) is 5.68. The van der Waals surface area contributed by atoms with Gasteiger partial charge < -0.3 is 10.6 Å². The third kappa shape index (κ3) is 1.15. The van der Waals surface area contributed by atoms with Crippen LogP contribution in [0.15, 0.2) is 12.1 Å². The lowest BCUT2D eigenvalue weighted by Gasteiger charge is -2.07. The van der Waals surface area contributed by atoms with Gasteiger partial charge in [0, 0.05) is 24.5 Å². The molecule has 0 amide bonds. The molecular formula is C7H10N2S. The van der Waals surface area contributed by atoms with Crippen molar-refractivity contribution >= 4 is 16.3 Å². The van der Waals surface area contributed by atoms with Gasteiger partial charge in [-0.2, -0.15) is 0 Å². The van der Waals surface area contributed by atoms with E-state index in [4.69, 9.17) is 0 Å². The first-order chi connectivity index (χ1) is 4.95. The smallest absolute Gasteiger partial charge is 0.0886 e. The number of thiophene rings is 1. The predicted octanol–water partition coefficient (Wildman–Crippen LogP) is 1.26. The van der Waals surface area contributed by atoms with Gasteiger partial charge in [0.15, 0.2) is 0 Å². The minimum absolute atomic E-state index is 1.03. The van der Waals surface area contributed by atoms with Crippen LogP contribution in [0.2, 0.25) is 0 Å². The van der Waals surface area contributed by atoms with Crippen LogP contribution in [0.1, 0.15) is 4.88 Å². The fraction of sp³-hybridized carbons (Fsp3) is 0.429. The Balaban J connectivity index is 2.25. The Morgan fingerprint density at radius 2 is 2.30 bits per heavy atom. The van der Waals surface area contributed by atoms with E-state index in [1.807, 2.05) is 11.3 Å². The van der Waals surface area contributed by atoms with Gasteiger partial charge in [-0.1, -0.05) is 0 Å². The maximum absolute atomic E-state index is 3.33. The first kappa shape index (κ1) is 6.19. The van der Waals surface area contributed by atoms with E-state index in [1.165, 1.54) is 9.88 Å². The Kier molecular flexibility index (Phi) is 1.61. The van der Waals surface area contributed by atoms with Gasteiger partial charge in [-0.15, -0.1) is 11.3 Å². The van der Waals surface area contributed by atoms with Crippen molar-refractivity contribution in [3.63, 3.8) is 0 Å². The third-order valence-corrected chi connectivity index (χ3v) is 2.60. The lowest BCUT2D eigenvalue weighted by molar-refractivity contribution is 0.714. The SMILES string of the molecule is c1cc2sc1CNCCN2. The van der Waals surface area contributed by atoms with Crippen LogP contribution in [-0.2, 0) is 6.54 Å². The van der Waals surface area contributed by atoms with Gasteiger partial charge in [0.05, 0.1) is 5.00 Å². The molecule has 0 aromatic carbocycles. The molecular weight excluding hydrogens is 144 g/mol. The molecule has 1 aliphatic heterocycles. The summed E-state index contributed by atoms with van der Waals surface area (Å²) in [4.78, 5) is 1.42. The maximum Gasteiger partial charge on any atom is 0.0886 e. The quantitative estimate of drug-likeness (QED) is 0.588. The summed E-state index contributed by atoms with van der Waals surface area (Å²) in [5.74, 6) is 0. The highest BCUT2D eigenvalue weighted by atomic mass is 32.1. The van der Waals surface area contributed by atoms with Crippen molar-refractivity contribution in [3.05, 3.63) is 17.0 Å². The van der Waals surface area contributed by atoms with E-state index in [9.17, 15) is 0 Å². The van der Waals surface area contributed by atoms with Crippen molar-refractivity contribution in [2.24, 2.45) is 0 Å². The Bertz CT molecular complexity index is 199. The van der Waals surface area contributed by atoms with Gasteiger partial charge in [-0.3, -0.25) is 0 Å². The minimum Gasteiger partial charge on any atom is -0.376 e. The summed E-state index contributed by atoms with van der Waals surface area (Å²) in [6.45, 7) is 3.14. The summed E-state index contributed by atoms with van der Waals surface area (Å²) < 4.78 is 0. The standard InChI is InChI=1S/C7H10N2S/c1-2-7-9-4-3-8-5-6(1)10-7/h1-2,8-9H,3-5H2. The molecule has 0 spiro atoms. The third-order valence-electron chi connectivity index (χ3n) is 1.56. The number of anilines is 1. The molecule has 0 atom stereocenters. The molecule has 0 fully saturated rings. The molecule has 0 saturated carbocycles. The summed E-state index contributed by atoms with van der Waals surface area (Å²) in [7, 11) is 0. The fourth-order valence-corrected chi connectivity index (χ4v) is 1.96. The van der Waals surface area contributed by atoms with Crippen LogP contribution in [0, 0.1) is 0 Å². The molecule has 0 radical (unpaired) electrons. The molecule has 1 aromatic rings. The molecule has 2 bridgehead atoms. The average molecular weight is 154 g/mol. The van der Waals surface area contributed by atoms with Crippen LogP contribution in [0.5, 0.6) is 0 Å². The largest absolute Gasteiger partial charge is 0.376 e. The van der Waals surface area contributed by atoms with Crippen molar-refractivity contribution in [2.45, 2.75) is 6.54 Å². The molecule has 2 heterocycles. The van der Waals surface area contributed by atoms with Crippen molar-refractivity contribution < 1.29 is 0 Å². The lowest BCUT2D eigenvalue weighted by atomic mass is 10.4. The van der Waals surface area contributed by atoms with Crippen LogP contribution in [-0.4, -0.2) is 13.1 Å². The fourth-order valence-electron chi connectivity index (χ4n) is 1.05. The number of rotatable bonds is 0. The van der Waals surface area contributed by atoms with Gasteiger partial charge >= 0.3 is 0 Å². The van der Waals surface area contributed by atoms with Gasteiger partial charge in [-0.25, -0.2) is 0 Å². The molecule has 2 nitrogen and oxygen atoms in total. The molecule has 54 valence electrons. The first-order valence-electron chi connectivity index (χ1n) is 3.48. The summed E-state index contributed by atoms with van der Waals surface area (Å²) in [6, 6.07) is 4.32. The molecule has 2 rings (SSSR count). The predicted molar refractivity (Wildman–Crippen MR) is 44.5 cm³/mol. The van der Waals surface area contributed by atoms with E-state index in [1.54, 1.807) is 0 Å². The Labute approximate surface area is 64.3 Å². The highest BCUT2D eigenvalue weighted by Crippen LogP contribution is 2.21. The topological polar surface area (TPSA) is 24.1 Å². The minimum atomic E-state index is 1.03. The van der Waals surface area contributed by atoms with Crippen molar-refractivity contribution in [1.82, 2.24) is 5.32 Å². The Hall–Kier alpha value is -0.540. The second-order valence-corrected chi connectivity index (χ2v) is 3.54. The lowest BCUT2D eigenvalue weighted by Crippen LogP contribution is -2.21. The number of fused-ring (bicyclic) bond motifs is 2. The van der Waals surface area contributed by atoms with E-state index in [-0.39, 0.29) is 0 Å². The molecule has 10 heavy (non-hydrogen) atoms. The molecule has 2 N–H and O–H groups in total. The molecule has 0 saturated heterocycles. The molecule has 1 aromatic heterocycles. The molecule has 0 unspecified atom stereocenters. The van der Waals surface area contributed by atoms with E-state index in [0.717, 1.165) is 19.6 Å². The van der Waals surface area contributed by atoms with Crippen LogP contribution in [0.3, 0.4) is 0 Å². The molecule has 3 heteroatoms. The summed E-state index contributed by atoms with van der Waals surface area (Å²) in [5, 5.41) is 7.95. The van der Waals surface area contributed by atoms with E-state index in [2.05, 4.69) is 22.8 Å². The van der Waals surface area contributed by atoms with Crippen LogP contribution in [0.25, 0.3) is 0 Å². The number of nitrogens with one attached hydrogen (secondary N) is 2. The maximum atomic E-state index is 3.33. The normalized spacial score (nSPS) is 17.2. The van der Waals surface area contributed by atoms with Gasteiger partial charge in [0.1, 0.15) is 0 Å². The van der Waals surface area contributed by atoms with Crippen LogP contribution >= 0.6 is 11.3 Å². The van der Waals surface area contributed by atoms with Gasteiger partial charge in [0.25, 0.3) is 0 Å². The van der Waals surface area contributed by atoms with Crippen LogP contribution < -0.4 is 10.6 Å². The monoisotopic (exact) mass is 154 g/mol. The second kappa shape index (κ2) is 2.60. The number of hydrogen-bond donors (Lipinski definition) is 2. The van der Waals surface area contributed by atoms with Crippen molar-refractivity contribution in [2.75, 3.05) is 18.4 Å². The van der Waals surface area contributed by atoms with E-state index in [0.29, 0.717) is 0 Å². The highest BCUT2D eigenvalue weighted by Gasteiger charge is 2.01. The average Bonchev–Trinajstić information content (AvgIpc) is 2.30. The van der Waals surface area contributed by atoms with E-state index < -0.39 is 0 Å². The van der Waals surface area contributed by atoms with Gasteiger partial charge in [0.2, 0.25) is 0 Å². The zero-order valence-corrected chi connectivity index (χ0v) is 6.50. The summed E-state index contributed by atoms with van der Waals surface area (Å²) >= 11 is 1.84. The van der Waals surface area contributed by atoms with Crippen molar-refractivity contribution in [1.29, 1.82) is 0 Å². The molecule has 0 aliphatic carbocycles.